The molecule has 1 aromatic carbocycles. The van der Waals surface area contributed by atoms with Crippen molar-refractivity contribution in [3.8, 4) is 5.88 Å². The topological polar surface area (TPSA) is 25.4 Å². The van der Waals surface area contributed by atoms with Crippen molar-refractivity contribution in [2.24, 2.45) is 5.92 Å². The lowest BCUT2D eigenvalue weighted by molar-refractivity contribution is 0.217. The van der Waals surface area contributed by atoms with Crippen molar-refractivity contribution in [3.63, 3.8) is 0 Å². The van der Waals surface area contributed by atoms with E-state index in [9.17, 15) is 0 Å². The monoisotopic (exact) mass is 282 g/mol. The normalized spacial score (nSPS) is 19.1. The molecule has 1 aliphatic heterocycles. The van der Waals surface area contributed by atoms with Crippen molar-refractivity contribution < 1.29 is 4.74 Å². The van der Waals surface area contributed by atoms with Crippen LogP contribution in [-0.2, 0) is 6.54 Å². The molecule has 0 saturated heterocycles. The van der Waals surface area contributed by atoms with Crippen molar-refractivity contribution >= 4 is 10.9 Å². The molecular weight excluding hydrogens is 260 g/mol. The van der Waals surface area contributed by atoms with Gasteiger partial charge in [-0.2, -0.15) is 0 Å². The number of fused-ring (bicyclic) bond motifs is 2. The van der Waals surface area contributed by atoms with Crippen LogP contribution in [0.15, 0.2) is 18.2 Å². The third-order valence-corrected chi connectivity index (χ3v) is 4.58. The van der Waals surface area contributed by atoms with Crippen LogP contribution in [0.2, 0.25) is 0 Å². The molecule has 2 aromatic rings. The van der Waals surface area contributed by atoms with E-state index >= 15 is 0 Å². The van der Waals surface area contributed by atoms with E-state index in [1.165, 1.54) is 41.5 Å². The Hall–Kier alpha value is -1.61. The van der Waals surface area contributed by atoms with Gasteiger partial charge >= 0.3 is 0 Å². The lowest BCUT2D eigenvalue weighted by Crippen LogP contribution is -2.27. The van der Waals surface area contributed by atoms with Gasteiger partial charge in [0.2, 0.25) is 5.88 Å². The van der Waals surface area contributed by atoms with Crippen LogP contribution in [0.25, 0.3) is 10.9 Å². The smallest absolute Gasteiger partial charge is 0.218 e. The first-order valence-corrected chi connectivity index (χ1v) is 7.95. The number of hydrogen-bond acceptors (Lipinski definition) is 3. The van der Waals surface area contributed by atoms with E-state index in [2.05, 4.69) is 36.9 Å². The number of nitrogens with zero attached hydrogens (tertiary/aromatic N) is 2. The fourth-order valence-corrected chi connectivity index (χ4v) is 3.30. The molecule has 3 heteroatoms. The van der Waals surface area contributed by atoms with E-state index in [0.717, 1.165) is 37.0 Å². The minimum Gasteiger partial charge on any atom is -0.476 e. The second-order valence-corrected chi connectivity index (χ2v) is 6.63. The van der Waals surface area contributed by atoms with Crippen LogP contribution in [0, 0.1) is 19.8 Å². The number of pyridine rings is 1. The number of benzene rings is 1. The molecule has 0 unspecified atom stereocenters. The minimum absolute atomic E-state index is 0.753. The van der Waals surface area contributed by atoms with Crippen LogP contribution in [0.4, 0.5) is 0 Å². The number of hydrogen-bond donors (Lipinski definition) is 0. The van der Waals surface area contributed by atoms with Crippen LogP contribution < -0.4 is 4.74 Å². The Morgan fingerprint density at radius 3 is 2.90 bits per heavy atom. The zero-order valence-electron chi connectivity index (χ0n) is 12.9. The standard InChI is InChI=1S/C18H22N2O/c1-12-7-13(2)16-9-15-11-20(10-14-3-4-14)5-6-21-18(15)19-17(16)8-12/h7-9,14H,3-6,10-11H2,1-2H3. The van der Waals surface area contributed by atoms with Crippen molar-refractivity contribution in [3.05, 3.63) is 34.9 Å². The molecule has 0 amide bonds. The summed E-state index contributed by atoms with van der Waals surface area (Å²) >= 11 is 0. The summed E-state index contributed by atoms with van der Waals surface area (Å²) in [5.41, 5.74) is 4.87. The molecular formula is C18H22N2O. The van der Waals surface area contributed by atoms with Gasteiger partial charge in [0.15, 0.2) is 0 Å². The maximum atomic E-state index is 5.92. The second-order valence-electron chi connectivity index (χ2n) is 6.63. The molecule has 1 fully saturated rings. The highest BCUT2D eigenvalue weighted by atomic mass is 16.5. The zero-order valence-corrected chi connectivity index (χ0v) is 12.9. The molecule has 1 aliphatic carbocycles. The Morgan fingerprint density at radius 2 is 2.10 bits per heavy atom. The highest BCUT2D eigenvalue weighted by molar-refractivity contribution is 5.84. The Kier molecular flexibility index (Phi) is 3.11. The largest absolute Gasteiger partial charge is 0.476 e. The summed E-state index contributed by atoms with van der Waals surface area (Å²) in [6.07, 6.45) is 2.80. The molecule has 0 bridgehead atoms. The summed E-state index contributed by atoms with van der Waals surface area (Å²) in [6.45, 7) is 8.25. The van der Waals surface area contributed by atoms with E-state index in [1.807, 2.05) is 0 Å². The molecule has 3 nitrogen and oxygen atoms in total. The Morgan fingerprint density at radius 1 is 1.24 bits per heavy atom. The Balaban J connectivity index is 1.73. The average Bonchev–Trinajstić information content (AvgIpc) is 3.24. The van der Waals surface area contributed by atoms with E-state index in [4.69, 9.17) is 9.72 Å². The van der Waals surface area contributed by atoms with Crippen LogP contribution in [0.5, 0.6) is 5.88 Å². The first-order valence-electron chi connectivity index (χ1n) is 7.95. The SMILES string of the molecule is Cc1cc(C)c2cc3c(nc2c1)OCCN(CC1CC1)C3. The summed E-state index contributed by atoms with van der Waals surface area (Å²) in [5, 5.41) is 1.26. The fraction of sp³-hybridized carbons (Fsp3) is 0.500. The molecule has 2 heterocycles. The van der Waals surface area contributed by atoms with Gasteiger partial charge in [-0.3, -0.25) is 4.90 Å². The summed E-state index contributed by atoms with van der Waals surface area (Å²) in [6, 6.07) is 6.67. The van der Waals surface area contributed by atoms with Gasteiger partial charge in [0.05, 0.1) is 5.52 Å². The van der Waals surface area contributed by atoms with Crippen molar-refractivity contribution in [2.45, 2.75) is 33.2 Å². The van der Waals surface area contributed by atoms with Crippen LogP contribution in [0.1, 0.15) is 29.5 Å². The molecule has 21 heavy (non-hydrogen) atoms. The van der Waals surface area contributed by atoms with Gasteiger partial charge in [-0.1, -0.05) is 6.07 Å². The molecule has 0 radical (unpaired) electrons. The van der Waals surface area contributed by atoms with Crippen molar-refractivity contribution in [1.82, 2.24) is 9.88 Å². The average molecular weight is 282 g/mol. The number of aromatic nitrogens is 1. The van der Waals surface area contributed by atoms with Gasteiger partial charge in [0.25, 0.3) is 0 Å². The summed E-state index contributed by atoms with van der Waals surface area (Å²) < 4.78 is 5.92. The lowest BCUT2D eigenvalue weighted by Gasteiger charge is -2.18. The third kappa shape index (κ3) is 2.62. The first-order chi connectivity index (χ1) is 10.2. The van der Waals surface area contributed by atoms with Gasteiger partial charge in [0, 0.05) is 30.6 Å². The maximum Gasteiger partial charge on any atom is 0.218 e. The number of rotatable bonds is 2. The van der Waals surface area contributed by atoms with E-state index in [-0.39, 0.29) is 0 Å². The van der Waals surface area contributed by atoms with Crippen LogP contribution in [0.3, 0.4) is 0 Å². The molecule has 1 saturated carbocycles. The van der Waals surface area contributed by atoms with E-state index < -0.39 is 0 Å². The highest BCUT2D eigenvalue weighted by Gasteiger charge is 2.26. The fourth-order valence-electron chi connectivity index (χ4n) is 3.30. The van der Waals surface area contributed by atoms with E-state index in [1.54, 1.807) is 0 Å². The summed E-state index contributed by atoms with van der Waals surface area (Å²) in [4.78, 5) is 7.31. The quantitative estimate of drug-likeness (QED) is 0.843. The molecule has 0 spiro atoms. The van der Waals surface area contributed by atoms with E-state index in [0.29, 0.717) is 0 Å². The van der Waals surface area contributed by atoms with Gasteiger partial charge in [-0.15, -0.1) is 0 Å². The van der Waals surface area contributed by atoms with Gasteiger partial charge in [0.1, 0.15) is 6.61 Å². The van der Waals surface area contributed by atoms with Crippen LogP contribution >= 0.6 is 0 Å². The Bertz CT molecular complexity index is 691. The number of ether oxygens (including phenoxy) is 1. The molecule has 110 valence electrons. The number of aryl methyl sites for hydroxylation is 2. The first kappa shape index (κ1) is 13.1. The van der Waals surface area contributed by atoms with Crippen molar-refractivity contribution in [2.75, 3.05) is 19.7 Å². The molecule has 1 aromatic heterocycles. The molecule has 4 rings (SSSR count). The zero-order chi connectivity index (χ0) is 14.4. The third-order valence-electron chi connectivity index (χ3n) is 4.58. The molecule has 2 aliphatic rings. The Labute approximate surface area is 125 Å². The highest BCUT2D eigenvalue weighted by Crippen LogP contribution is 2.32. The predicted molar refractivity (Wildman–Crippen MR) is 84.7 cm³/mol. The second kappa shape index (κ2) is 4.99. The van der Waals surface area contributed by atoms with Crippen LogP contribution in [-0.4, -0.2) is 29.6 Å². The van der Waals surface area contributed by atoms with Gasteiger partial charge < -0.3 is 4.74 Å². The predicted octanol–water partition coefficient (Wildman–Crippen LogP) is 3.46. The molecule has 0 N–H and O–H groups in total. The van der Waals surface area contributed by atoms with Gasteiger partial charge in [-0.25, -0.2) is 4.98 Å². The summed E-state index contributed by atoms with van der Waals surface area (Å²) in [7, 11) is 0. The summed E-state index contributed by atoms with van der Waals surface area (Å²) in [5.74, 6) is 1.76. The minimum atomic E-state index is 0.753. The lowest BCUT2D eigenvalue weighted by atomic mass is 10.0. The molecule has 0 atom stereocenters. The van der Waals surface area contributed by atoms with Crippen molar-refractivity contribution in [1.29, 1.82) is 0 Å². The van der Waals surface area contributed by atoms with Gasteiger partial charge in [-0.05, 0) is 55.9 Å². The maximum absolute atomic E-state index is 5.92.